The summed E-state index contributed by atoms with van der Waals surface area (Å²) in [5.74, 6) is 1.11. The van der Waals surface area contributed by atoms with Crippen molar-refractivity contribution < 1.29 is 9.53 Å². The molecule has 118 valence electrons. The third-order valence-electron chi connectivity index (χ3n) is 4.14. The fourth-order valence-electron chi connectivity index (χ4n) is 2.96. The minimum Gasteiger partial charge on any atom is -0.456 e. The van der Waals surface area contributed by atoms with Gasteiger partial charge in [0, 0.05) is 6.20 Å². The molecule has 0 amide bonds. The first-order valence-electron chi connectivity index (χ1n) is 7.83. The van der Waals surface area contributed by atoms with Gasteiger partial charge in [-0.2, -0.15) is 0 Å². The van der Waals surface area contributed by atoms with E-state index in [9.17, 15) is 4.79 Å². The molecule has 0 bridgehead atoms. The van der Waals surface area contributed by atoms with Gasteiger partial charge >= 0.3 is 0 Å². The Labute approximate surface area is 139 Å². The van der Waals surface area contributed by atoms with Gasteiger partial charge in [0.2, 0.25) is 0 Å². The van der Waals surface area contributed by atoms with Crippen molar-refractivity contribution in [2.75, 3.05) is 0 Å². The van der Waals surface area contributed by atoms with E-state index in [2.05, 4.69) is 15.0 Å². The molecule has 2 aromatic heterocycles. The molecule has 0 radical (unpaired) electrons. The highest BCUT2D eigenvalue weighted by Crippen LogP contribution is 2.33. The summed E-state index contributed by atoms with van der Waals surface area (Å²) in [4.78, 5) is 25.3. The molecule has 0 spiro atoms. The molecule has 1 aliphatic carbocycles. The monoisotopic (exact) mass is 317 g/mol. The van der Waals surface area contributed by atoms with E-state index < -0.39 is 0 Å². The van der Waals surface area contributed by atoms with E-state index in [-0.39, 0.29) is 11.7 Å². The van der Waals surface area contributed by atoms with Crippen LogP contribution in [0.3, 0.4) is 0 Å². The van der Waals surface area contributed by atoms with Crippen molar-refractivity contribution in [2.45, 2.75) is 18.8 Å². The molecule has 0 saturated carbocycles. The number of ether oxygens (including phenoxy) is 1. The van der Waals surface area contributed by atoms with Crippen LogP contribution in [0.5, 0.6) is 11.5 Å². The zero-order valence-electron chi connectivity index (χ0n) is 12.9. The van der Waals surface area contributed by atoms with Crippen LogP contribution in [0.1, 0.15) is 34.1 Å². The summed E-state index contributed by atoms with van der Waals surface area (Å²) in [6.45, 7) is 0. The second-order valence-electron chi connectivity index (χ2n) is 5.68. The van der Waals surface area contributed by atoms with E-state index in [1.165, 1.54) is 6.33 Å². The van der Waals surface area contributed by atoms with Crippen LogP contribution in [-0.2, 0) is 6.42 Å². The van der Waals surface area contributed by atoms with Crippen LogP contribution in [0.15, 0.2) is 61.2 Å². The third kappa shape index (κ3) is 2.76. The number of nitrogens with zero attached hydrogens (tertiary/aromatic N) is 3. The molecule has 4 rings (SSSR count). The Bertz CT molecular complexity index is 863. The molecule has 5 heteroatoms. The van der Waals surface area contributed by atoms with Crippen LogP contribution in [0.4, 0.5) is 0 Å². The zero-order valence-corrected chi connectivity index (χ0v) is 12.9. The number of aryl methyl sites for hydroxylation is 1. The van der Waals surface area contributed by atoms with Gasteiger partial charge in [0.1, 0.15) is 23.5 Å². The number of Topliss-reactive ketones (excluding diaryl/α,β-unsaturated/α-hetero) is 1. The van der Waals surface area contributed by atoms with E-state index in [4.69, 9.17) is 4.74 Å². The molecule has 0 saturated heterocycles. The molecule has 1 aromatic carbocycles. The highest BCUT2D eigenvalue weighted by molar-refractivity contribution is 5.99. The summed E-state index contributed by atoms with van der Waals surface area (Å²) in [5, 5.41) is 0. The number of carbonyl (C=O) groups is 1. The lowest BCUT2D eigenvalue weighted by atomic mass is 9.98. The summed E-state index contributed by atoms with van der Waals surface area (Å²) in [6, 6.07) is 12.9. The molecule has 2 heterocycles. The summed E-state index contributed by atoms with van der Waals surface area (Å²) in [6.07, 6.45) is 6.46. The van der Waals surface area contributed by atoms with Crippen LogP contribution < -0.4 is 4.74 Å². The minimum absolute atomic E-state index is 0.00119. The number of pyridine rings is 1. The van der Waals surface area contributed by atoms with E-state index in [1.807, 2.05) is 30.3 Å². The maximum Gasteiger partial charge on any atom is 0.190 e. The Morgan fingerprint density at radius 3 is 2.67 bits per heavy atom. The van der Waals surface area contributed by atoms with E-state index >= 15 is 0 Å². The van der Waals surface area contributed by atoms with E-state index in [0.717, 1.165) is 29.8 Å². The van der Waals surface area contributed by atoms with Crippen LogP contribution in [0.25, 0.3) is 0 Å². The van der Waals surface area contributed by atoms with Gasteiger partial charge in [-0.1, -0.05) is 18.2 Å². The lowest BCUT2D eigenvalue weighted by Gasteiger charge is -2.09. The Morgan fingerprint density at radius 2 is 1.88 bits per heavy atom. The van der Waals surface area contributed by atoms with Gasteiger partial charge in [0.25, 0.3) is 0 Å². The van der Waals surface area contributed by atoms with Crippen molar-refractivity contribution >= 4 is 5.78 Å². The van der Waals surface area contributed by atoms with Crippen molar-refractivity contribution in [2.24, 2.45) is 0 Å². The number of ketones is 1. The molecule has 1 atom stereocenters. The molecule has 24 heavy (non-hydrogen) atoms. The summed E-state index contributed by atoms with van der Waals surface area (Å²) >= 11 is 0. The van der Waals surface area contributed by atoms with Crippen LogP contribution >= 0.6 is 0 Å². The maximum atomic E-state index is 12.7. The Balaban J connectivity index is 1.52. The van der Waals surface area contributed by atoms with Crippen molar-refractivity contribution in [3.63, 3.8) is 0 Å². The molecule has 1 unspecified atom stereocenters. The van der Waals surface area contributed by atoms with Gasteiger partial charge in [-0.3, -0.25) is 4.79 Å². The van der Waals surface area contributed by atoms with Crippen molar-refractivity contribution in [3.8, 4) is 11.5 Å². The standard InChI is InChI=1S/C19H15N3O2/c23-19(16-8-6-13-10-20-12-22-18(13)16)17-9-7-15(11-21-17)24-14-4-2-1-3-5-14/h1-5,7,9-12,16H,6,8H2. The molecule has 0 N–H and O–H groups in total. The van der Waals surface area contributed by atoms with Gasteiger partial charge in [0.15, 0.2) is 5.78 Å². The second kappa shape index (κ2) is 6.20. The molecule has 0 aliphatic heterocycles. The molecule has 0 fully saturated rings. The smallest absolute Gasteiger partial charge is 0.190 e. The largest absolute Gasteiger partial charge is 0.456 e. The number of carbonyl (C=O) groups excluding carboxylic acids is 1. The lowest BCUT2D eigenvalue weighted by molar-refractivity contribution is 0.0953. The average molecular weight is 317 g/mol. The normalized spacial score (nSPS) is 15.8. The Hall–Kier alpha value is -3.08. The maximum absolute atomic E-state index is 12.7. The fourth-order valence-corrected chi connectivity index (χ4v) is 2.96. The first-order chi connectivity index (χ1) is 11.8. The summed E-state index contributed by atoms with van der Waals surface area (Å²) in [5.41, 5.74) is 2.33. The molecule has 5 nitrogen and oxygen atoms in total. The second-order valence-corrected chi connectivity index (χ2v) is 5.68. The predicted octanol–water partition coefficient (Wildman–Crippen LogP) is 3.58. The number of fused-ring (bicyclic) bond motifs is 1. The van der Waals surface area contributed by atoms with Crippen LogP contribution in [-0.4, -0.2) is 20.7 Å². The average Bonchev–Trinajstić information content (AvgIpc) is 3.07. The van der Waals surface area contributed by atoms with Gasteiger partial charge in [-0.05, 0) is 42.7 Å². The quantitative estimate of drug-likeness (QED) is 0.688. The Morgan fingerprint density at radius 1 is 1.00 bits per heavy atom. The van der Waals surface area contributed by atoms with Crippen molar-refractivity contribution in [1.29, 1.82) is 0 Å². The number of benzene rings is 1. The fraction of sp³-hybridized carbons (Fsp3) is 0.158. The van der Waals surface area contributed by atoms with Gasteiger partial charge in [0.05, 0.1) is 17.8 Å². The molecule has 1 aliphatic rings. The zero-order chi connectivity index (χ0) is 16.4. The molecular weight excluding hydrogens is 302 g/mol. The first kappa shape index (κ1) is 14.5. The number of rotatable bonds is 4. The number of aromatic nitrogens is 3. The highest BCUT2D eigenvalue weighted by atomic mass is 16.5. The van der Waals surface area contributed by atoms with Gasteiger partial charge in [-0.25, -0.2) is 15.0 Å². The van der Waals surface area contributed by atoms with Crippen LogP contribution in [0, 0.1) is 0 Å². The van der Waals surface area contributed by atoms with Crippen molar-refractivity contribution in [3.05, 3.63) is 78.1 Å². The van der Waals surface area contributed by atoms with Crippen LogP contribution in [0.2, 0.25) is 0 Å². The Kier molecular flexibility index (Phi) is 3.75. The SMILES string of the molecule is O=C(c1ccc(Oc2ccccc2)cn1)C1CCc2cncnc21. The summed E-state index contributed by atoms with van der Waals surface area (Å²) < 4.78 is 5.70. The van der Waals surface area contributed by atoms with Gasteiger partial charge in [-0.15, -0.1) is 0 Å². The first-order valence-corrected chi connectivity index (χ1v) is 7.83. The highest BCUT2D eigenvalue weighted by Gasteiger charge is 2.31. The van der Waals surface area contributed by atoms with E-state index in [0.29, 0.717) is 11.4 Å². The topological polar surface area (TPSA) is 65.0 Å². The van der Waals surface area contributed by atoms with E-state index in [1.54, 1.807) is 24.5 Å². The van der Waals surface area contributed by atoms with Crippen molar-refractivity contribution in [1.82, 2.24) is 15.0 Å². The summed E-state index contributed by atoms with van der Waals surface area (Å²) in [7, 11) is 0. The van der Waals surface area contributed by atoms with Gasteiger partial charge < -0.3 is 4.74 Å². The predicted molar refractivity (Wildman–Crippen MR) is 88.2 cm³/mol. The number of hydrogen-bond acceptors (Lipinski definition) is 5. The number of para-hydroxylation sites is 1. The number of hydrogen-bond donors (Lipinski definition) is 0. The molecular formula is C19H15N3O2. The molecule has 3 aromatic rings. The lowest BCUT2D eigenvalue weighted by Crippen LogP contribution is -2.13. The minimum atomic E-state index is -0.226. The third-order valence-corrected chi connectivity index (χ3v) is 4.14.